The second-order valence-electron chi connectivity index (χ2n) is 8.65. The number of anilines is 1. The van der Waals surface area contributed by atoms with Gasteiger partial charge in [0.1, 0.15) is 0 Å². The molecule has 0 atom stereocenters. The van der Waals surface area contributed by atoms with Gasteiger partial charge in [0, 0.05) is 57.9 Å². The maximum absolute atomic E-state index is 12.8. The highest BCUT2D eigenvalue weighted by Crippen LogP contribution is 2.24. The molecule has 0 unspecified atom stereocenters. The molecule has 3 heterocycles. The summed E-state index contributed by atoms with van der Waals surface area (Å²) in [5.41, 5.74) is 2.68. The lowest BCUT2D eigenvalue weighted by Crippen LogP contribution is -2.48. The van der Waals surface area contributed by atoms with E-state index in [1.807, 2.05) is 27.7 Å². The smallest absolute Gasteiger partial charge is 0.243 e. The number of aromatic nitrogens is 2. The lowest BCUT2D eigenvalue weighted by Gasteiger charge is -2.36. The first-order valence-electron chi connectivity index (χ1n) is 11.6. The Bertz CT molecular complexity index is 1230. The highest BCUT2D eigenvalue weighted by molar-refractivity contribution is 7.89. The Hall–Kier alpha value is -2.91. The van der Waals surface area contributed by atoms with Gasteiger partial charge in [0.15, 0.2) is 0 Å². The van der Waals surface area contributed by atoms with E-state index < -0.39 is 10.0 Å². The fourth-order valence-corrected chi connectivity index (χ4v) is 6.22. The number of amides is 1. The first kappa shape index (κ1) is 21.9. The van der Waals surface area contributed by atoms with Crippen molar-refractivity contribution in [3.05, 3.63) is 54.9 Å². The van der Waals surface area contributed by atoms with Crippen molar-refractivity contribution in [1.29, 1.82) is 0 Å². The van der Waals surface area contributed by atoms with E-state index in [0.29, 0.717) is 31.6 Å². The van der Waals surface area contributed by atoms with Gasteiger partial charge in [-0.25, -0.2) is 13.4 Å². The van der Waals surface area contributed by atoms with Crippen molar-refractivity contribution in [2.75, 3.05) is 44.2 Å². The summed E-state index contributed by atoms with van der Waals surface area (Å²) < 4.78 is 29.1. The minimum absolute atomic E-state index is 0.137. The molecule has 2 aromatic carbocycles. The summed E-state index contributed by atoms with van der Waals surface area (Å²) in [6.45, 7) is 4.78. The molecule has 9 heteroatoms. The number of nitrogens with zero attached hydrogens (tertiary/aromatic N) is 5. The van der Waals surface area contributed by atoms with Crippen LogP contribution in [0.4, 0.5) is 5.69 Å². The summed E-state index contributed by atoms with van der Waals surface area (Å²) in [5, 5.41) is 0. The Morgan fingerprint density at radius 1 is 0.909 bits per heavy atom. The molecule has 2 aliphatic rings. The minimum atomic E-state index is -3.47. The fraction of sp³-hybridized carbons (Fsp3) is 0.417. The van der Waals surface area contributed by atoms with Crippen molar-refractivity contribution in [2.24, 2.45) is 0 Å². The normalized spacial score (nSPS) is 17.7. The van der Waals surface area contributed by atoms with E-state index in [0.717, 1.165) is 44.5 Å². The van der Waals surface area contributed by atoms with Crippen LogP contribution < -0.4 is 4.90 Å². The molecule has 0 N–H and O–H groups in total. The van der Waals surface area contributed by atoms with Crippen molar-refractivity contribution in [3.8, 4) is 0 Å². The number of sulfonamides is 1. The van der Waals surface area contributed by atoms with Crippen molar-refractivity contribution in [3.63, 3.8) is 0 Å². The predicted molar refractivity (Wildman–Crippen MR) is 128 cm³/mol. The summed E-state index contributed by atoms with van der Waals surface area (Å²) in [6.07, 6.45) is 3.90. The van der Waals surface area contributed by atoms with Crippen LogP contribution in [0.25, 0.3) is 11.0 Å². The van der Waals surface area contributed by atoms with Gasteiger partial charge >= 0.3 is 0 Å². The number of rotatable bonds is 6. The molecule has 2 aliphatic heterocycles. The molecule has 0 bridgehead atoms. The van der Waals surface area contributed by atoms with Gasteiger partial charge in [-0.1, -0.05) is 18.2 Å². The number of fused-ring (bicyclic) bond motifs is 1. The summed E-state index contributed by atoms with van der Waals surface area (Å²) >= 11 is 0. The lowest BCUT2D eigenvalue weighted by molar-refractivity contribution is -0.131. The highest BCUT2D eigenvalue weighted by atomic mass is 32.2. The number of carbonyl (C=O) groups is 1. The summed E-state index contributed by atoms with van der Waals surface area (Å²) in [4.78, 5) is 21.7. The molecule has 0 aliphatic carbocycles. The molecule has 2 saturated heterocycles. The first-order chi connectivity index (χ1) is 16.0. The SMILES string of the molecule is O=C(CCn1cnc2cc(S(=O)(=O)N3CCCC3)ccc21)N1CCN(c2ccccc2)CC1. The third-order valence-corrected chi connectivity index (χ3v) is 8.51. The number of aryl methyl sites for hydroxylation is 1. The maximum Gasteiger partial charge on any atom is 0.243 e. The second-order valence-corrected chi connectivity index (χ2v) is 10.6. The number of hydrogen-bond acceptors (Lipinski definition) is 5. The van der Waals surface area contributed by atoms with E-state index in [4.69, 9.17) is 0 Å². The molecule has 33 heavy (non-hydrogen) atoms. The van der Waals surface area contributed by atoms with E-state index in [1.165, 1.54) is 5.69 Å². The zero-order valence-corrected chi connectivity index (χ0v) is 19.5. The second kappa shape index (κ2) is 9.15. The van der Waals surface area contributed by atoms with Crippen LogP contribution in [-0.2, 0) is 21.4 Å². The average molecular weight is 468 g/mol. The van der Waals surface area contributed by atoms with Crippen molar-refractivity contribution in [2.45, 2.75) is 30.7 Å². The number of piperazine rings is 1. The van der Waals surface area contributed by atoms with Gasteiger partial charge in [-0.2, -0.15) is 4.31 Å². The molecule has 0 radical (unpaired) electrons. The quantitative estimate of drug-likeness (QED) is 0.557. The van der Waals surface area contributed by atoms with Gasteiger partial charge in [0.05, 0.1) is 22.3 Å². The standard InChI is InChI=1S/C24H29N5O3S/c30-24(27-16-14-26(15-17-27)20-6-2-1-3-7-20)10-13-28-19-25-22-18-21(8-9-23(22)28)33(31,32)29-11-4-5-12-29/h1-3,6-9,18-19H,4-5,10-17H2. The Morgan fingerprint density at radius 2 is 1.64 bits per heavy atom. The van der Waals surface area contributed by atoms with Gasteiger partial charge in [0.2, 0.25) is 15.9 Å². The van der Waals surface area contributed by atoms with Crippen LogP contribution in [0.1, 0.15) is 19.3 Å². The van der Waals surface area contributed by atoms with E-state index in [-0.39, 0.29) is 10.8 Å². The van der Waals surface area contributed by atoms with E-state index >= 15 is 0 Å². The molecule has 1 aromatic heterocycles. The Kier molecular flexibility index (Phi) is 6.07. The van der Waals surface area contributed by atoms with E-state index in [2.05, 4.69) is 22.0 Å². The first-order valence-corrected chi connectivity index (χ1v) is 13.0. The van der Waals surface area contributed by atoms with Gasteiger partial charge in [0.25, 0.3) is 0 Å². The number of benzene rings is 2. The van der Waals surface area contributed by atoms with Gasteiger partial charge in [-0.3, -0.25) is 4.79 Å². The third-order valence-electron chi connectivity index (χ3n) is 6.62. The minimum Gasteiger partial charge on any atom is -0.368 e. The predicted octanol–water partition coefficient (Wildman–Crippen LogP) is 2.56. The molecule has 0 saturated carbocycles. The van der Waals surface area contributed by atoms with Crippen LogP contribution >= 0.6 is 0 Å². The van der Waals surface area contributed by atoms with Crippen LogP contribution in [-0.4, -0.2) is 72.3 Å². The number of hydrogen-bond donors (Lipinski definition) is 0. The van der Waals surface area contributed by atoms with E-state index in [1.54, 1.807) is 28.8 Å². The van der Waals surface area contributed by atoms with Crippen LogP contribution in [0.15, 0.2) is 59.8 Å². The molecule has 0 spiro atoms. The fourth-order valence-electron chi connectivity index (χ4n) is 4.69. The number of carbonyl (C=O) groups excluding carboxylic acids is 1. The highest BCUT2D eigenvalue weighted by Gasteiger charge is 2.27. The van der Waals surface area contributed by atoms with Crippen molar-refractivity contribution < 1.29 is 13.2 Å². The topological polar surface area (TPSA) is 78.7 Å². The maximum atomic E-state index is 12.8. The molecule has 5 rings (SSSR count). The molecule has 8 nitrogen and oxygen atoms in total. The van der Waals surface area contributed by atoms with Gasteiger partial charge in [-0.05, 0) is 43.2 Å². The van der Waals surface area contributed by atoms with Crippen LogP contribution in [0.3, 0.4) is 0 Å². The van der Waals surface area contributed by atoms with Crippen molar-refractivity contribution in [1.82, 2.24) is 18.8 Å². The Labute approximate surface area is 194 Å². The Balaban J connectivity index is 1.20. The van der Waals surface area contributed by atoms with Crippen LogP contribution in [0.2, 0.25) is 0 Å². The molecule has 174 valence electrons. The Morgan fingerprint density at radius 3 is 2.36 bits per heavy atom. The third kappa shape index (κ3) is 4.47. The lowest BCUT2D eigenvalue weighted by atomic mass is 10.2. The van der Waals surface area contributed by atoms with Gasteiger partial charge in [-0.15, -0.1) is 0 Å². The summed E-state index contributed by atoms with van der Waals surface area (Å²) in [7, 11) is -3.47. The van der Waals surface area contributed by atoms with Gasteiger partial charge < -0.3 is 14.4 Å². The molecule has 3 aromatic rings. The molecule has 1 amide bonds. The van der Waals surface area contributed by atoms with Crippen LogP contribution in [0.5, 0.6) is 0 Å². The molecular formula is C24H29N5O3S. The molecular weight excluding hydrogens is 438 g/mol. The zero-order chi connectivity index (χ0) is 22.8. The number of para-hydroxylation sites is 1. The van der Waals surface area contributed by atoms with E-state index in [9.17, 15) is 13.2 Å². The largest absolute Gasteiger partial charge is 0.368 e. The average Bonchev–Trinajstić information content (AvgIpc) is 3.54. The monoisotopic (exact) mass is 467 g/mol. The zero-order valence-electron chi connectivity index (χ0n) is 18.6. The van der Waals surface area contributed by atoms with Crippen LogP contribution in [0, 0.1) is 0 Å². The number of imidazole rings is 1. The molecule has 2 fully saturated rings. The van der Waals surface area contributed by atoms with Crippen molar-refractivity contribution >= 4 is 32.7 Å². The summed E-state index contributed by atoms with van der Waals surface area (Å²) in [5.74, 6) is 0.137. The summed E-state index contributed by atoms with van der Waals surface area (Å²) in [6, 6.07) is 15.4.